The number of nitrogens with one attached hydrogen (secondary N) is 1. The molecule has 0 atom stereocenters. The van der Waals surface area contributed by atoms with Crippen molar-refractivity contribution < 1.29 is 18.4 Å². The average molecular weight is 393 g/mol. The maximum absolute atomic E-state index is 13.9. The smallest absolute Gasteiger partial charge is 0.312 e. The van der Waals surface area contributed by atoms with E-state index in [4.69, 9.17) is 5.73 Å². The number of halogens is 2. The van der Waals surface area contributed by atoms with Crippen LogP contribution in [0.25, 0.3) is 0 Å². The van der Waals surface area contributed by atoms with Crippen molar-refractivity contribution in [3.05, 3.63) is 35.4 Å². The Morgan fingerprint density at radius 3 is 2.36 bits per heavy atom. The van der Waals surface area contributed by atoms with Gasteiger partial charge in [-0.05, 0) is 82.6 Å². The second-order valence-electron chi connectivity index (χ2n) is 8.12. The Morgan fingerprint density at radius 2 is 1.75 bits per heavy atom. The average Bonchev–Trinajstić information content (AvgIpc) is 2.67. The summed E-state index contributed by atoms with van der Waals surface area (Å²) in [4.78, 5) is 25.8. The maximum atomic E-state index is 13.9. The Hall–Kier alpha value is -2.02. The van der Waals surface area contributed by atoms with Gasteiger partial charge in [-0.25, -0.2) is 13.6 Å². The fraction of sp³-hybridized carbons (Fsp3) is 0.619. The van der Waals surface area contributed by atoms with Gasteiger partial charge in [0, 0.05) is 18.0 Å². The van der Waals surface area contributed by atoms with Crippen LogP contribution in [-0.4, -0.2) is 42.4 Å². The predicted octanol–water partition coefficient (Wildman–Crippen LogP) is 3.48. The highest BCUT2D eigenvalue weighted by Crippen LogP contribution is 2.28. The minimum absolute atomic E-state index is 0.00109. The zero-order valence-corrected chi connectivity index (χ0v) is 16.1. The molecule has 0 bridgehead atoms. The first-order chi connectivity index (χ1) is 13.4. The number of nitrogens with two attached hydrogens (primary N) is 1. The van der Waals surface area contributed by atoms with Crippen molar-refractivity contribution in [2.45, 2.75) is 51.0 Å². The number of rotatable bonds is 6. The van der Waals surface area contributed by atoms with Gasteiger partial charge in [0.05, 0.1) is 5.56 Å². The monoisotopic (exact) mass is 393 g/mol. The molecule has 2 fully saturated rings. The summed E-state index contributed by atoms with van der Waals surface area (Å²) in [5.74, 6) is -1.17. The molecule has 3 N–H and O–H groups in total. The van der Waals surface area contributed by atoms with E-state index < -0.39 is 17.7 Å². The number of likely N-dealkylation sites (tertiary alicyclic amines) is 1. The van der Waals surface area contributed by atoms with E-state index in [9.17, 15) is 18.4 Å². The number of piperidine rings is 1. The Morgan fingerprint density at radius 1 is 1.07 bits per heavy atom. The largest absolute Gasteiger partial charge is 0.352 e. The van der Waals surface area contributed by atoms with Crippen LogP contribution in [-0.2, 0) is 0 Å². The highest BCUT2D eigenvalue weighted by molar-refractivity contribution is 5.98. The highest BCUT2D eigenvalue weighted by atomic mass is 19.1. The lowest BCUT2D eigenvalue weighted by Crippen LogP contribution is -2.41. The minimum Gasteiger partial charge on any atom is -0.352 e. The molecule has 0 aromatic heterocycles. The van der Waals surface area contributed by atoms with Crippen LogP contribution >= 0.6 is 0 Å². The first-order valence-corrected chi connectivity index (χ1v) is 10.2. The summed E-state index contributed by atoms with van der Waals surface area (Å²) in [5, 5.41) is 2.79. The van der Waals surface area contributed by atoms with E-state index in [1.807, 2.05) is 0 Å². The van der Waals surface area contributed by atoms with E-state index in [2.05, 4.69) is 10.2 Å². The van der Waals surface area contributed by atoms with Gasteiger partial charge in [-0.1, -0.05) is 0 Å². The number of benzene rings is 1. The van der Waals surface area contributed by atoms with E-state index in [0.717, 1.165) is 63.9 Å². The van der Waals surface area contributed by atoms with Crippen LogP contribution in [0.4, 0.5) is 13.6 Å². The lowest BCUT2D eigenvalue weighted by atomic mass is 9.83. The number of hydrogen-bond donors (Lipinski definition) is 2. The van der Waals surface area contributed by atoms with Crippen LogP contribution in [0.5, 0.6) is 0 Å². The van der Waals surface area contributed by atoms with E-state index >= 15 is 0 Å². The summed E-state index contributed by atoms with van der Waals surface area (Å²) in [6, 6.07) is 2.93. The van der Waals surface area contributed by atoms with Crippen molar-refractivity contribution in [1.82, 2.24) is 10.2 Å². The molecule has 2 aliphatic rings. The molecule has 1 aromatic carbocycles. The van der Waals surface area contributed by atoms with Crippen molar-refractivity contribution in [1.29, 1.82) is 0 Å². The van der Waals surface area contributed by atoms with Gasteiger partial charge < -0.3 is 16.0 Å². The Bertz CT molecular complexity index is 697. The molecule has 7 heteroatoms. The van der Waals surface area contributed by atoms with Crippen molar-refractivity contribution in [2.24, 2.45) is 17.6 Å². The van der Waals surface area contributed by atoms with Crippen molar-refractivity contribution in [2.75, 3.05) is 19.6 Å². The lowest BCUT2D eigenvalue weighted by Gasteiger charge is -2.34. The highest BCUT2D eigenvalue weighted by Gasteiger charge is 2.28. The topological polar surface area (TPSA) is 75.4 Å². The van der Waals surface area contributed by atoms with E-state index in [0.29, 0.717) is 18.8 Å². The third-order valence-electron chi connectivity index (χ3n) is 6.20. The molecule has 1 saturated heterocycles. The first-order valence-electron chi connectivity index (χ1n) is 10.2. The molecule has 1 aliphatic heterocycles. The van der Waals surface area contributed by atoms with Crippen molar-refractivity contribution in [3.8, 4) is 0 Å². The van der Waals surface area contributed by atoms with Crippen LogP contribution in [0.1, 0.15) is 55.3 Å². The molecular weight excluding hydrogens is 364 g/mol. The number of carbonyl (C=O) groups excluding carboxylic acids is 2. The third kappa shape index (κ3) is 5.50. The lowest BCUT2D eigenvalue weighted by molar-refractivity contribution is 0.0828. The number of primary amides is 1. The van der Waals surface area contributed by atoms with Gasteiger partial charge in [-0.2, -0.15) is 0 Å². The van der Waals surface area contributed by atoms with Crippen LogP contribution in [0.3, 0.4) is 0 Å². The summed E-state index contributed by atoms with van der Waals surface area (Å²) < 4.78 is 26.9. The van der Waals surface area contributed by atoms with Crippen molar-refractivity contribution >= 4 is 11.8 Å². The van der Waals surface area contributed by atoms with Crippen LogP contribution in [0.2, 0.25) is 0 Å². The number of hydrogen-bond acceptors (Lipinski definition) is 3. The predicted molar refractivity (Wildman–Crippen MR) is 103 cm³/mol. The fourth-order valence-electron chi connectivity index (χ4n) is 4.49. The Balaban J connectivity index is 1.39. The molecule has 0 unspecified atom stereocenters. The van der Waals surface area contributed by atoms with Gasteiger partial charge >= 0.3 is 6.03 Å². The third-order valence-corrected chi connectivity index (χ3v) is 6.20. The molecule has 28 heavy (non-hydrogen) atoms. The SMILES string of the molecule is NC(=O)NC1CCC(CCN2CCC(C(=O)c3ccc(F)cc3F)CC2)CC1. The minimum atomic E-state index is -0.770. The summed E-state index contributed by atoms with van der Waals surface area (Å²) in [6.45, 7) is 2.67. The van der Waals surface area contributed by atoms with E-state index in [1.54, 1.807) is 0 Å². The number of carbonyl (C=O) groups is 2. The normalized spacial score (nSPS) is 24.1. The molecule has 154 valence electrons. The standard InChI is InChI=1S/C21H29F2N3O2/c22-16-3-6-18(19(23)13-16)20(27)15-8-11-26(12-9-15)10-7-14-1-4-17(5-2-14)25-21(24)28/h3,6,13-15,17H,1-2,4-5,7-12H2,(H3,24,25,28). The van der Waals surface area contributed by atoms with Gasteiger partial charge in [-0.15, -0.1) is 0 Å². The molecule has 3 rings (SSSR count). The number of ketones is 1. The number of Topliss-reactive ketones (excluding diaryl/α,β-unsaturated/α-hetero) is 1. The summed E-state index contributed by atoms with van der Waals surface area (Å²) in [6.07, 6.45) is 6.71. The van der Waals surface area contributed by atoms with Crippen LogP contribution in [0, 0.1) is 23.5 Å². The van der Waals surface area contributed by atoms with Gasteiger partial charge in [-0.3, -0.25) is 4.79 Å². The Kier molecular flexibility index (Phi) is 6.99. The summed E-state index contributed by atoms with van der Waals surface area (Å²) in [5.41, 5.74) is 5.18. The van der Waals surface area contributed by atoms with Gasteiger partial charge in [0.25, 0.3) is 0 Å². The van der Waals surface area contributed by atoms with Crippen molar-refractivity contribution in [3.63, 3.8) is 0 Å². The van der Waals surface area contributed by atoms with Crippen LogP contribution < -0.4 is 11.1 Å². The van der Waals surface area contributed by atoms with E-state index in [1.165, 1.54) is 6.07 Å². The number of amides is 2. The van der Waals surface area contributed by atoms with Gasteiger partial charge in [0.1, 0.15) is 11.6 Å². The fourth-order valence-corrected chi connectivity index (χ4v) is 4.49. The number of nitrogens with zero attached hydrogens (tertiary/aromatic N) is 1. The molecule has 0 radical (unpaired) electrons. The van der Waals surface area contributed by atoms with Gasteiger partial charge in [0.15, 0.2) is 5.78 Å². The molecule has 1 aromatic rings. The summed E-state index contributed by atoms with van der Waals surface area (Å²) in [7, 11) is 0. The maximum Gasteiger partial charge on any atom is 0.312 e. The first kappa shape index (κ1) is 20.7. The van der Waals surface area contributed by atoms with Crippen LogP contribution in [0.15, 0.2) is 18.2 Å². The molecule has 5 nitrogen and oxygen atoms in total. The summed E-state index contributed by atoms with van der Waals surface area (Å²) >= 11 is 0. The molecule has 1 saturated carbocycles. The number of urea groups is 1. The zero-order chi connectivity index (χ0) is 20.1. The molecule has 2 amide bonds. The van der Waals surface area contributed by atoms with Gasteiger partial charge in [0.2, 0.25) is 0 Å². The van der Waals surface area contributed by atoms with E-state index in [-0.39, 0.29) is 23.3 Å². The molecule has 1 heterocycles. The second kappa shape index (κ2) is 9.45. The molecule has 1 aliphatic carbocycles. The second-order valence-corrected chi connectivity index (χ2v) is 8.12. The quantitative estimate of drug-likeness (QED) is 0.727. The zero-order valence-electron chi connectivity index (χ0n) is 16.1. The molecule has 0 spiro atoms. The molecular formula is C21H29F2N3O2. The Labute approximate surface area is 164 Å².